The number of nitrogens with zero attached hydrogens (tertiary/aromatic N) is 4. The first-order valence-electron chi connectivity index (χ1n) is 10.2. The molecule has 0 fully saturated rings. The molecule has 0 aliphatic heterocycles. The summed E-state index contributed by atoms with van der Waals surface area (Å²) in [6.07, 6.45) is 1.09. The molecule has 30 heavy (non-hydrogen) atoms. The molecule has 4 rings (SSSR count). The van der Waals surface area contributed by atoms with E-state index in [1.165, 1.54) is 17.3 Å². The minimum absolute atomic E-state index is 0.0870. The van der Waals surface area contributed by atoms with Gasteiger partial charge in [0.2, 0.25) is 11.1 Å². The highest BCUT2D eigenvalue weighted by molar-refractivity contribution is 7.99. The zero-order valence-corrected chi connectivity index (χ0v) is 18.2. The van der Waals surface area contributed by atoms with E-state index in [0.717, 1.165) is 40.7 Å². The molecule has 1 N–H and O–H groups in total. The number of thioether (sulfide) groups is 1. The van der Waals surface area contributed by atoms with E-state index in [4.69, 9.17) is 0 Å². The standard InChI is InChI=1S/C23H25N5OS/c1-4-15(3)16-10-12-17(13-11-16)24-20(29)14-30-23-25-22-21(26-27-23)18-8-6-7-9-19(18)28(22)5-2/h6-13,15H,4-5,14H2,1-3H3,(H,24,29)/t15-/m1/s1. The number of hydrogen-bond donors (Lipinski definition) is 1. The van der Waals surface area contributed by atoms with Gasteiger partial charge in [0.15, 0.2) is 5.65 Å². The molecule has 2 aromatic carbocycles. The van der Waals surface area contributed by atoms with E-state index >= 15 is 0 Å². The molecule has 2 aromatic heterocycles. The Morgan fingerprint density at radius 2 is 1.87 bits per heavy atom. The van der Waals surface area contributed by atoms with E-state index < -0.39 is 0 Å². The molecular weight excluding hydrogens is 394 g/mol. The summed E-state index contributed by atoms with van der Waals surface area (Å²) in [7, 11) is 0. The van der Waals surface area contributed by atoms with Crippen LogP contribution >= 0.6 is 11.8 Å². The Balaban J connectivity index is 1.45. The number of rotatable bonds is 7. The normalized spacial score (nSPS) is 12.4. The molecule has 0 radical (unpaired) electrons. The molecule has 0 aliphatic carbocycles. The lowest BCUT2D eigenvalue weighted by atomic mass is 9.99. The van der Waals surface area contributed by atoms with Crippen molar-refractivity contribution in [2.75, 3.05) is 11.1 Å². The number of carbonyl (C=O) groups excluding carboxylic acids is 1. The third-order valence-electron chi connectivity index (χ3n) is 5.38. The summed E-state index contributed by atoms with van der Waals surface area (Å²) in [5, 5.41) is 13.1. The van der Waals surface area contributed by atoms with Gasteiger partial charge in [-0.05, 0) is 43.0 Å². The van der Waals surface area contributed by atoms with Gasteiger partial charge in [-0.25, -0.2) is 4.98 Å². The molecule has 0 saturated carbocycles. The van der Waals surface area contributed by atoms with Gasteiger partial charge >= 0.3 is 0 Å². The monoisotopic (exact) mass is 419 g/mol. The molecule has 0 spiro atoms. The van der Waals surface area contributed by atoms with Gasteiger partial charge in [0, 0.05) is 17.6 Å². The second-order valence-corrected chi connectivity index (χ2v) is 8.24. The van der Waals surface area contributed by atoms with Gasteiger partial charge in [0.1, 0.15) is 5.52 Å². The van der Waals surface area contributed by atoms with Gasteiger partial charge in [-0.3, -0.25) is 4.79 Å². The van der Waals surface area contributed by atoms with Crippen molar-refractivity contribution >= 4 is 45.4 Å². The molecule has 0 unspecified atom stereocenters. The van der Waals surface area contributed by atoms with Crippen LogP contribution in [-0.4, -0.2) is 31.4 Å². The number of hydrogen-bond acceptors (Lipinski definition) is 5. The molecular formula is C23H25N5OS. The summed E-state index contributed by atoms with van der Waals surface area (Å²) in [6, 6.07) is 16.1. The Hall–Kier alpha value is -2.93. The average Bonchev–Trinajstić information content (AvgIpc) is 3.10. The van der Waals surface area contributed by atoms with Gasteiger partial charge < -0.3 is 9.88 Å². The van der Waals surface area contributed by atoms with Crippen LogP contribution in [0.5, 0.6) is 0 Å². The lowest BCUT2D eigenvalue weighted by Gasteiger charge is -2.10. The Morgan fingerprint density at radius 3 is 2.60 bits per heavy atom. The molecule has 7 heteroatoms. The van der Waals surface area contributed by atoms with Crippen molar-refractivity contribution in [1.82, 2.24) is 19.7 Å². The highest BCUT2D eigenvalue weighted by atomic mass is 32.2. The fraction of sp³-hybridized carbons (Fsp3) is 0.304. The number of aromatic nitrogens is 4. The summed E-state index contributed by atoms with van der Waals surface area (Å²) in [4.78, 5) is 17.1. The van der Waals surface area contributed by atoms with Gasteiger partial charge in [0.25, 0.3) is 0 Å². The van der Waals surface area contributed by atoms with Crippen molar-refractivity contribution in [2.45, 2.75) is 44.8 Å². The number of anilines is 1. The fourth-order valence-electron chi connectivity index (χ4n) is 3.53. The topological polar surface area (TPSA) is 72.7 Å². The van der Waals surface area contributed by atoms with Crippen LogP contribution in [0.15, 0.2) is 53.7 Å². The van der Waals surface area contributed by atoms with Crippen LogP contribution in [0, 0.1) is 0 Å². The van der Waals surface area contributed by atoms with E-state index in [9.17, 15) is 4.79 Å². The third kappa shape index (κ3) is 4.03. The van der Waals surface area contributed by atoms with Crippen LogP contribution in [-0.2, 0) is 11.3 Å². The first-order chi connectivity index (χ1) is 14.6. The predicted molar refractivity (Wildman–Crippen MR) is 123 cm³/mol. The summed E-state index contributed by atoms with van der Waals surface area (Å²) >= 11 is 1.29. The number of carbonyl (C=O) groups is 1. The highest BCUT2D eigenvalue weighted by Crippen LogP contribution is 2.27. The zero-order chi connectivity index (χ0) is 21.1. The number of benzene rings is 2. The number of nitrogens with one attached hydrogen (secondary N) is 1. The molecule has 0 bridgehead atoms. The van der Waals surface area contributed by atoms with Crippen LogP contribution in [0.25, 0.3) is 22.1 Å². The van der Waals surface area contributed by atoms with Gasteiger partial charge in [0.05, 0.1) is 11.3 Å². The molecule has 2 heterocycles. The maximum absolute atomic E-state index is 12.4. The zero-order valence-electron chi connectivity index (χ0n) is 17.4. The molecule has 1 amide bonds. The van der Waals surface area contributed by atoms with Crippen LogP contribution < -0.4 is 5.32 Å². The quantitative estimate of drug-likeness (QED) is 0.415. The van der Waals surface area contributed by atoms with Crippen molar-refractivity contribution in [2.24, 2.45) is 0 Å². The highest BCUT2D eigenvalue weighted by Gasteiger charge is 2.14. The molecule has 6 nitrogen and oxygen atoms in total. The fourth-order valence-corrected chi connectivity index (χ4v) is 4.11. The number of para-hydroxylation sites is 1. The van der Waals surface area contributed by atoms with Crippen LogP contribution in [0.3, 0.4) is 0 Å². The SMILES string of the molecule is CC[C@@H](C)c1ccc(NC(=O)CSc2nnc3c4ccccc4n(CC)c3n2)cc1. The predicted octanol–water partition coefficient (Wildman–Crippen LogP) is 5.24. The molecule has 154 valence electrons. The minimum Gasteiger partial charge on any atom is -0.325 e. The molecule has 0 aliphatic rings. The largest absolute Gasteiger partial charge is 0.325 e. The minimum atomic E-state index is -0.0870. The Bertz CT molecular complexity index is 1190. The van der Waals surface area contributed by atoms with Crippen LogP contribution in [0.4, 0.5) is 5.69 Å². The maximum Gasteiger partial charge on any atom is 0.234 e. The Kier molecular flexibility index (Phi) is 5.99. The van der Waals surface area contributed by atoms with Crippen LogP contribution in [0.1, 0.15) is 38.7 Å². The number of aryl methyl sites for hydroxylation is 1. The van der Waals surface area contributed by atoms with Crippen molar-refractivity contribution in [3.05, 3.63) is 54.1 Å². The number of fused-ring (bicyclic) bond motifs is 3. The van der Waals surface area contributed by atoms with Crippen molar-refractivity contribution in [3.63, 3.8) is 0 Å². The van der Waals surface area contributed by atoms with Crippen molar-refractivity contribution in [1.29, 1.82) is 0 Å². The molecule has 0 saturated heterocycles. The van der Waals surface area contributed by atoms with E-state index in [1.54, 1.807) is 0 Å². The summed E-state index contributed by atoms with van der Waals surface area (Å²) in [5.41, 5.74) is 4.77. The Labute approximate surface area is 180 Å². The van der Waals surface area contributed by atoms with E-state index in [0.29, 0.717) is 11.1 Å². The van der Waals surface area contributed by atoms with Gasteiger partial charge in [-0.15, -0.1) is 10.2 Å². The summed E-state index contributed by atoms with van der Waals surface area (Å²) in [6.45, 7) is 7.25. The van der Waals surface area contributed by atoms with Gasteiger partial charge in [-0.2, -0.15) is 0 Å². The van der Waals surface area contributed by atoms with E-state index in [-0.39, 0.29) is 11.7 Å². The Morgan fingerprint density at radius 1 is 1.10 bits per heavy atom. The lowest BCUT2D eigenvalue weighted by molar-refractivity contribution is -0.113. The van der Waals surface area contributed by atoms with Crippen molar-refractivity contribution in [3.8, 4) is 0 Å². The summed E-state index contributed by atoms with van der Waals surface area (Å²) in [5.74, 6) is 0.659. The second-order valence-electron chi connectivity index (χ2n) is 7.30. The van der Waals surface area contributed by atoms with Crippen molar-refractivity contribution < 1.29 is 4.79 Å². The molecule has 1 atom stereocenters. The smallest absolute Gasteiger partial charge is 0.234 e. The first kappa shape index (κ1) is 20.3. The number of amides is 1. The molecule has 4 aromatic rings. The lowest BCUT2D eigenvalue weighted by Crippen LogP contribution is -2.14. The second kappa shape index (κ2) is 8.83. The first-order valence-corrected chi connectivity index (χ1v) is 11.2. The summed E-state index contributed by atoms with van der Waals surface area (Å²) < 4.78 is 2.13. The van der Waals surface area contributed by atoms with Crippen LogP contribution in [0.2, 0.25) is 0 Å². The third-order valence-corrected chi connectivity index (χ3v) is 6.22. The maximum atomic E-state index is 12.4. The van der Waals surface area contributed by atoms with E-state index in [2.05, 4.69) is 64.0 Å². The van der Waals surface area contributed by atoms with Gasteiger partial charge in [-0.1, -0.05) is 55.9 Å². The van der Waals surface area contributed by atoms with E-state index in [1.807, 2.05) is 30.3 Å². The average molecular weight is 420 g/mol.